The predicted octanol–water partition coefficient (Wildman–Crippen LogP) is 4.67. The van der Waals surface area contributed by atoms with Gasteiger partial charge in [0.2, 0.25) is 15.9 Å². The summed E-state index contributed by atoms with van der Waals surface area (Å²) in [7, 11) is -1.77. The summed E-state index contributed by atoms with van der Waals surface area (Å²) in [6.45, 7) is 4.64. The molecule has 3 aromatic rings. The molecule has 0 unspecified atom stereocenters. The third-order valence-corrected chi connectivity index (χ3v) is 8.20. The lowest BCUT2D eigenvalue weighted by atomic mass is 10.1. The number of ether oxygens (including phenoxy) is 2. The van der Waals surface area contributed by atoms with E-state index < -0.39 is 34.4 Å². The van der Waals surface area contributed by atoms with E-state index in [4.69, 9.17) is 21.1 Å². The van der Waals surface area contributed by atoms with E-state index in [1.807, 2.05) is 6.92 Å². The Balaban J connectivity index is 1.99. The van der Waals surface area contributed by atoms with Crippen LogP contribution in [0, 0.1) is 20.8 Å². The van der Waals surface area contributed by atoms with Crippen molar-refractivity contribution in [2.24, 2.45) is 0 Å². The van der Waals surface area contributed by atoms with Crippen molar-refractivity contribution in [1.82, 2.24) is 4.31 Å². The predicted molar refractivity (Wildman–Crippen MR) is 147 cm³/mol. The van der Waals surface area contributed by atoms with Gasteiger partial charge in [0, 0.05) is 17.3 Å². The highest BCUT2D eigenvalue weighted by Gasteiger charge is 2.30. The number of esters is 2. The monoisotopic (exact) mass is 572 g/mol. The minimum Gasteiger partial charge on any atom is -0.465 e. The number of methoxy groups -OCH3 is 2. The largest absolute Gasteiger partial charge is 0.465 e. The maximum absolute atomic E-state index is 13.9. The summed E-state index contributed by atoms with van der Waals surface area (Å²) < 4.78 is 38.3. The number of rotatable bonds is 9. The molecule has 0 fully saturated rings. The van der Waals surface area contributed by atoms with Gasteiger partial charge in [0.05, 0.1) is 36.8 Å². The van der Waals surface area contributed by atoms with Gasteiger partial charge in [0.15, 0.2) is 0 Å². The van der Waals surface area contributed by atoms with Crippen LogP contribution in [0.5, 0.6) is 0 Å². The molecule has 206 valence electrons. The zero-order valence-corrected chi connectivity index (χ0v) is 23.8. The first-order valence-electron chi connectivity index (χ1n) is 11.8. The Morgan fingerprint density at radius 2 is 1.36 bits per heavy atom. The highest BCUT2D eigenvalue weighted by molar-refractivity contribution is 7.89. The van der Waals surface area contributed by atoms with E-state index in [0.29, 0.717) is 21.7 Å². The van der Waals surface area contributed by atoms with Gasteiger partial charge in [-0.3, -0.25) is 4.79 Å². The molecule has 0 aromatic heterocycles. The van der Waals surface area contributed by atoms with Crippen LogP contribution in [0.15, 0.2) is 59.5 Å². The van der Waals surface area contributed by atoms with Crippen LogP contribution in [-0.4, -0.2) is 51.3 Å². The van der Waals surface area contributed by atoms with E-state index in [2.05, 4.69) is 5.32 Å². The van der Waals surface area contributed by atoms with Crippen molar-refractivity contribution in [3.8, 4) is 0 Å². The molecule has 0 spiro atoms. The smallest absolute Gasteiger partial charge is 0.337 e. The standard InChI is InChI=1S/C28H29ClN2O7S/c1-17-10-18(2)26(19(3)11-17)39(35,36)31(15-20-6-8-23(29)9-7-20)16-25(32)30-24-13-21(27(33)37-4)12-22(14-24)28(34)38-5/h6-14H,15-16H2,1-5H3,(H,30,32). The Kier molecular flexibility index (Phi) is 9.49. The number of anilines is 1. The van der Waals surface area contributed by atoms with Gasteiger partial charge in [0.1, 0.15) is 0 Å². The molecule has 0 heterocycles. The van der Waals surface area contributed by atoms with Crippen molar-refractivity contribution < 1.29 is 32.3 Å². The fourth-order valence-corrected chi connectivity index (χ4v) is 6.18. The Morgan fingerprint density at radius 3 is 1.85 bits per heavy atom. The van der Waals surface area contributed by atoms with Gasteiger partial charge in [-0.1, -0.05) is 41.4 Å². The quantitative estimate of drug-likeness (QED) is 0.370. The number of sulfonamides is 1. The van der Waals surface area contributed by atoms with Crippen molar-refractivity contribution in [3.63, 3.8) is 0 Å². The molecule has 0 atom stereocenters. The molecule has 0 aliphatic rings. The SMILES string of the molecule is COC(=O)c1cc(NC(=O)CN(Cc2ccc(Cl)cc2)S(=O)(=O)c2c(C)cc(C)cc2C)cc(C(=O)OC)c1. The number of carbonyl (C=O) groups is 3. The Bertz CT molecular complexity index is 1460. The van der Waals surface area contributed by atoms with Crippen LogP contribution in [0.3, 0.4) is 0 Å². The normalized spacial score (nSPS) is 11.3. The fraction of sp³-hybridized carbons (Fsp3) is 0.250. The molecule has 9 nitrogen and oxygen atoms in total. The van der Waals surface area contributed by atoms with Crippen molar-refractivity contribution in [2.45, 2.75) is 32.2 Å². The minimum absolute atomic E-state index is 0.00671. The van der Waals surface area contributed by atoms with Crippen LogP contribution in [0.1, 0.15) is 43.0 Å². The zero-order chi connectivity index (χ0) is 28.9. The number of hydrogen-bond acceptors (Lipinski definition) is 7. The van der Waals surface area contributed by atoms with E-state index in [1.165, 1.54) is 32.4 Å². The number of amides is 1. The summed E-state index contributed by atoms with van der Waals surface area (Å²) in [5.41, 5.74) is 2.76. The first kappa shape index (κ1) is 29.8. The number of aryl methyl sites for hydroxylation is 3. The van der Waals surface area contributed by atoms with E-state index in [-0.39, 0.29) is 28.3 Å². The summed E-state index contributed by atoms with van der Waals surface area (Å²) in [5, 5.41) is 3.08. The molecule has 0 aliphatic carbocycles. The average Bonchev–Trinajstić information content (AvgIpc) is 2.87. The fourth-order valence-electron chi connectivity index (χ4n) is 4.25. The summed E-state index contributed by atoms with van der Waals surface area (Å²) in [4.78, 5) is 37.5. The van der Waals surface area contributed by atoms with E-state index >= 15 is 0 Å². The van der Waals surface area contributed by atoms with Crippen LogP contribution in [0.25, 0.3) is 0 Å². The summed E-state index contributed by atoms with van der Waals surface area (Å²) >= 11 is 5.99. The van der Waals surface area contributed by atoms with E-state index in [0.717, 1.165) is 9.87 Å². The molecule has 0 saturated carbocycles. The van der Waals surface area contributed by atoms with Crippen molar-refractivity contribution in [3.05, 3.63) is 93.0 Å². The Hall–Kier alpha value is -3.73. The van der Waals surface area contributed by atoms with Gasteiger partial charge >= 0.3 is 11.9 Å². The molecule has 3 aromatic carbocycles. The topological polar surface area (TPSA) is 119 Å². The minimum atomic E-state index is -4.13. The molecule has 0 aliphatic heterocycles. The zero-order valence-electron chi connectivity index (χ0n) is 22.2. The molecule has 11 heteroatoms. The molecule has 3 rings (SSSR count). The third-order valence-electron chi connectivity index (χ3n) is 5.85. The van der Waals surface area contributed by atoms with Crippen molar-refractivity contribution in [2.75, 3.05) is 26.1 Å². The molecule has 0 bridgehead atoms. The second-order valence-corrected chi connectivity index (χ2v) is 11.3. The highest BCUT2D eigenvalue weighted by atomic mass is 35.5. The van der Waals surface area contributed by atoms with Gasteiger partial charge in [-0.2, -0.15) is 4.31 Å². The van der Waals surface area contributed by atoms with Crippen LogP contribution in [0.4, 0.5) is 5.69 Å². The molecular formula is C28H29ClN2O7S. The maximum atomic E-state index is 13.9. The molecule has 1 N–H and O–H groups in total. The van der Waals surface area contributed by atoms with Crippen molar-refractivity contribution in [1.29, 1.82) is 0 Å². The molecular weight excluding hydrogens is 544 g/mol. The number of hydrogen-bond donors (Lipinski definition) is 1. The Labute approximate surface area is 232 Å². The van der Waals surface area contributed by atoms with Crippen molar-refractivity contribution >= 4 is 45.2 Å². The lowest BCUT2D eigenvalue weighted by Crippen LogP contribution is -2.38. The number of benzene rings is 3. The number of halogens is 1. The third kappa shape index (κ3) is 7.23. The van der Waals surface area contributed by atoms with Gasteiger partial charge in [-0.25, -0.2) is 18.0 Å². The molecule has 1 amide bonds. The summed E-state index contributed by atoms with van der Waals surface area (Å²) in [5.74, 6) is -2.14. The molecule has 0 saturated heterocycles. The van der Waals surface area contributed by atoms with E-state index in [1.54, 1.807) is 50.2 Å². The van der Waals surface area contributed by atoms with Gasteiger partial charge in [-0.15, -0.1) is 0 Å². The summed E-state index contributed by atoms with van der Waals surface area (Å²) in [6.07, 6.45) is 0. The van der Waals surface area contributed by atoms with Crippen LogP contribution in [-0.2, 0) is 30.8 Å². The van der Waals surface area contributed by atoms with Crippen LogP contribution < -0.4 is 5.32 Å². The number of nitrogens with one attached hydrogen (secondary N) is 1. The lowest BCUT2D eigenvalue weighted by molar-refractivity contribution is -0.116. The molecule has 39 heavy (non-hydrogen) atoms. The van der Waals surface area contributed by atoms with E-state index in [9.17, 15) is 22.8 Å². The first-order valence-corrected chi connectivity index (χ1v) is 13.6. The van der Waals surface area contributed by atoms with Gasteiger partial charge < -0.3 is 14.8 Å². The second kappa shape index (κ2) is 12.4. The second-order valence-electron chi connectivity index (χ2n) is 8.96. The van der Waals surface area contributed by atoms with Crippen LogP contribution in [0.2, 0.25) is 5.02 Å². The number of nitrogens with zero attached hydrogens (tertiary/aromatic N) is 1. The highest BCUT2D eigenvalue weighted by Crippen LogP contribution is 2.27. The number of carbonyl (C=O) groups excluding carboxylic acids is 3. The average molecular weight is 573 g/mol. The first-order chi connectivity index (χ1) is 18.3. The Morgan fingerprint density at radius 1 is 0.846 bits per heavy atom. The van der Waals surface area contributed by atoms with Gasteiger partial charge in [0.25, 0.3) is 0 Å². The summed E-state index contributed by atoms with van der Waals surface area (Å²) in [6, 6.07) is 14.1. The van der Waals surface area contributed by atoms with Crippen LogP contribution >= 0.6 is 11.6 Å². The molecule has 0 radical (unpaired) electrons. The maximum Gasteiger partial charge on any atom is 0.337 e. The van der Waals surface area contributed by atoms with Gasteiger partial charge in [-0.05, 0) is 67.8 Å². The lowest BCUT2D eigenvalue weighted by Gasteiger charge is -2.24.